The fraction of sp³-hybridized carbons (Fsp3) is 0.333. The SMILES string of the molecule is Cc1occc1C1NCCc2occc21. The first-order valence-electron chi connectivity index (χ1n) is 5.20. The topological polar surface area (TPSA) is 38.3 Å². The smallest absolute Gasteiger partial charge is 0.110 e. The molecule has 0 saturated heterocycles. The van der Waals surface area contributed by atoms with Crippen LogP contribution in [0.5, 0.6) is 0 Å². The van der Waals surface area contributed by atoms with Gasteiger partial charge in [0.1, 0.15) is 11.5 Å². The lowest BCUT2D eigenvalue weighted by Crippen LogP contribution is -2.29. The fourth-order valence-electron chi connectivity index (χ4n) is 2.22. The van der Waals surface area contributed by atoms with Crippen LogP contribution in [-0.4, -0.2) is 6.54 Å². The average molecular weight is 203 g/mol. The highest BCUT2D eigenvalue weighted by molar-refractivity contribution is 5.36. The van der Waals surface area contributed by atoms with Gasteiger partial charge in [-0.1, -0.05) is 0 Å². The van der Waals surface area contributed by atoms with E-state index in [-0.39, 0.29) is 6.04 Å². The van der Waals surface area contributed by atoms with E-state index < -0.39 is 0 Å². The van der Waals surface area contributed by atoms with Gasteiger partial charge in [-0.25, -0.2) is 0 Å². The predicted molar refractivity (Wildman–Crippen MR) is 55.7 cm³/mol. The van der Waals surface area contributed by atoms with Crippen molar-refractivity contribution in [3.63, 3.8) is 0 Å². The van der Waals surface area contributed by atoms with Gasteiger partial charge in [-0.3, -0.25) is 0 Å². The molecule has 3 nitrogen and oxygen atoms in total. The molecule has 0 spiro atoms. The van der Waals surface area contributed by atoms with Gasteiger partial charge in [0.2, 0.25) is 0 Å². The molecule has 1 aliphatic heterocycles. The Morgan fingerprint density at radius 3 is 2.80 bits per heavy atom. The van der Waals surface area contributed by atoms with E-state index in [1.165, 1.54) is 11.1 Å². The molecule has 1 N–H and O–H groups in total. The molecule has 0 fully saturated rings. The third kappa shape index (κ3) is 1.31. The van der Waals surface area contributed by atoms with Crippen LogP contribution in [0, 0.1) is 6.92 Å². The molecule has 0 radical (unpaired) electrons. The Hall–Kier alpha value is -1.48. The van der Waals surface area contributed by atoms with Gasteiger partial charge in [-0.05, 0) is 19.1 Å². The van der Waals surface area contributed by atoms with Crippen molar-refractivity contribution in [1.29, 1.82) is 0 Å². The van der Waals surface area contributed by atoms with E-state index in [1.807, 2.05) is 19.1 Å². The number of furan rings is 2. The lowest BCUT2D eigenvalue weighted by molar-refractivity contribution is 0.451. The lowest BCUT2D eigenvalue weighted by atomic mass is 9.95. The first-order chi connectivity index (χ1) is 7.36. The van der Waals surface area contributed by atoms with Gasteiger partial charge in [0.25, 0.3) is 0 Å². The molecule has 3 heteroatoms. The minimum Gasteiger partial charge on any atom is -0.469 e. The fourth-order valence-corrected chi connectivity index (χ4v) is 2.22. The van der Waals surface area contributed by atoms with E-state index in [0.29, 0.717) is 0 Å². The van der Waals surface area contributed by atoms with Crippen molar-refractivity contribution in [2.24, 2.45) is 0 Å². The molecule has 2 aromatic rings. The zero-order valence-electron chi connectivity index (χ0n) is 8.62. The third-order valence-electron chi connectivity index (χ3n) is 3.00. The van der Waals surface area contributed by atoms with E-state index >= 15 is 0 Å². The highest BCUT2D eigenvalue weighted by Gasteiger charge is 2.25. The van der Waals surface area contributed by atoms with Crippen LogP contribution in [0.4, 0.5) is 0 Å². The van der Waals surface area contributed by atoms with Crippen molar-refractivity contribution in [3.05, 3.63) is 47.3 Å². The normalized spacial score (nSPS) is 20.2. The van der Waals surface area contributed by atoms with Crippen LogP contribution in [0.3, 0.4) is 0 Å². The van der Waals surface area contributed by atoms with Crippen molar-refractivity contribution >= 4 is 0 Å². The summed E-state index contributed by atoms with van der Waals surface area (Å²) in [6.07, 6.45) is 4.47. The number of hydrogen-bond donors (Lipinski definition) is 1. The second kappa shape index (κ2) is 3.28. The van der Waals surface area contributed by atoms with Crippen molar-refractivity contribution < 1.29 is 8.83 Å². The maximum atomic E-state index is 5.45. The summed E-state index contributed by atoms with van der Waals surface area (Å²) in [5, 5.41) is 3.48. The molecule has 0 amide bonds. The van der Waals surface area contributed by atoms with E-state index in [0.717, 1.165) is 24.5 Å². The Balaban J connectivity index is 2.07. The van der Waals surface area contributed by atoms with Gasteiger partial charge in [-0.15, -0.1) is 0 Å². The molecule has 2 aromatic heterocycles. The van der Waals surface area contributed by atoms with Crippen molar-refractivity contribution in [2.75, 3.05) is 6.54 Å². The van der Waals surface area contributed by atoms with Crippen LogP contribution >= 0.6 is 0 Å². The molecule has 0 aromatic carbocycles. The summed E-state index contributed by atoms with van der Waals surface area (Å²) in [5.74, 6) is 2.07. The number of fused-ring (bicyclic) bond motifs is 1. The summed E-state index contributed by atoms with van der Waals surface area (Å²) in [6, 6.07) is 4.29. The molecule has 15 heavy (non-hydrogen) atoms. The number of aryl methyl sites for hydroxylation is 1. The summed E-state index contributed by atoms with van der Waals surface area (Å²) >= 11 is 0. The number of nitrogens with one attached hydrogen (secondary N) is 1. The molecule has 3 heterocycles. The second-order valence-electron chi connectivity index (χ2n) is 3.87. The molecule has 0 aliphatic carbocycles. The number of hydrogen-bond acceptors (Lipinski definition) is 3. The van der Waals surface area contributed by atoms with Crippen LogP contribution in [0.25, 0.3) is 0 Å². The van der Waals surface area contributed by atoms with E-state index in [9.17, 15) is 0 Å². The highest BCUT2D eigenvalue weighted by atomic mass is 16.3. The van der Waals surface area contributed by atoms with Gasteiger partial charge in [-0.2, -0.15) is 0 Å². The largest absolute Gasteiger partial charge is 0.469 e. The van der Waals surface area contributed by atoms with Gasteiger partial charge in [0, 0.05) is 24.1 Å². The summed E-state index contributed by atoms with van der Waals surface area (Å²) in [4.78, 5) is 0. The maximum Gasteiger partial charge on any atom is 0.110 e. The average Bonchev–Trinajstić information content (AvgIpc) is 2.85. The van der Waals surface area contributed by atoms with Crippen LogP contribution in [-0.2, 0) is 6.42 Å². The molecular formula is C12H13NO2. The Morgan fingerprint density at radius 1 is 1.20 bits per heavy atom. The molecule has 1 aliphatic rings. The molecule has 0 saturated carbocycles. The van der Waals surface area contributed by atoms with Crippen LogP contribution < -0.4 is 5.32 Å². The molecule has 0 bridgehead atoms. The molecule has 3 rings (SSSR count). The van der Waals surface area contributed by atoms with Gasteiger partial charge >= 0.3 is 0 Å². The minimum atomic E-state index is 0.228. The molecule has 1 atom stereocenters. The Kier molecular flexibility index (Phi) is 1.92. The molecular weight excluding hydrogens is 190 g/mol. The zero-order valence-corrected chi connectivity index (χ0v) is 8.62. The van der Waals surface area contributed by atoms with Crippen molar-refractivity contribution in [3.8, 4) is 0 Å². The first-order valence-corrected chi connectivity index (χ1v) is 5.20. The third-order valence-corrected chi connectivity index (χ3v) is 3.00. The van der Waals surface area contributed by atoms with E-state index in [4.69, 9.17) is 8.83 Å². The Bertz CT molecular complexity index is 469. The Morgan fingerprint density at radius 2 is 2.00 bits per heavy atom. The van der Waals surface area contributed by atoms with E-state index in [1.54, 1.807) is 12.5 Å². The first kappa shape index (κ1) is 8.80. The lowest BCUT2D eigenvalue weighted by Gasteiger charge is -2.22. The Labute approximate surface area is 88.1 Å². The predicted octanol–water partition coefficient (Wildman–Crippen LogP) is 2.42. The van der Waals surface area contributed by atoms with E-state index in [2.05, 4.69) is 5.32 Å². The van der Waals surface area contributed by atoms with Crippen LogP contribution in [0.1, 0.15) is 28.7 Å². The number of rotatable bonds is 1. The van der Waals surface area contributed by atoms with Gasteiger partial charge in [0.15, 0.2) is 0 Å². The standard InChI is InChI=1S/C12H13NO2/c1-8-9(3-6-14-8)12-10-4-7-15-11(10)2-5-13-12/h3-4,6-7,12-13H,2,5H2,1H3. The minimum absolute atomic E-state index is 0.228. The van der Waals surface area contributed by atoms with Gasteiger partial charge < -0.3 is 14.2 Å². The van der Waals surface area contributed by atoms with Gasteiger partial charge in [0.05, 0.1) is 18.6 Å². The zero-order chi connectivity index (χ0) is 10.3. The summed E-state index contributed by atoms with van der Waals surface area (Å²) in [5.41, 5.74) is 2.45. The van der Waals surface area contributed by atoms with Crippen molar-refractivity contribution in [2.45, 2.75) is 19.4 Å². The van der Waals surface area contributed by atoms with Crippen molar-refractivity contribution in [1.82, 2.24) is 5.32 Å². The summed E-state index contributed by atoms with van der Waals surface area (Å²) < 4.78 is 10.8. The highest BCUT2D eigenvalue weighted by Crippen LogP contribution is 2.31. The summed E-state index contributed by atoms with van der Waals surface area (Å²) in [6.45, 7) is 2.95. The van der Waals surface area contributed by atoms with Crippen LogP contribution in [0.2, 0.25) is 0 Å². The van der Waals surface area contributed by atoms with Crippen LogP contribution in [0.15, 0.2) is 33.5 Å². The second-order valence-corrected chi connectivity index (χ2v) is 3.87. The maximum absolute atomic E-state index is 5.45. The quantitative estimate of drug-likeness (QED) is 0.773. The molecule has 1 unspecified atom stereocenters. The molecule has 78 valence electrons. The monoisotopic (exact) mass is 203 g/mol. The summed E-state index contributed by atoms with van der Waals surface area (Å²) in [7, 11) is 0.